The summed E-state index contributed by atoms with van der Waals surface area (Å²) in [4.78, 5) is 11.6. The molecule has 3 rings (SSSR count). The van der Waals surface area contributed by atoms with Crippen LogP contribution in [-0.4, -0.2) is 43.5 Å². The van der Waals surface area contributed by atoms with Crippen molar-refractivity contribution < 1.29 is 12.8 Å². The number of benzene rings is 1. The average Bonchev–Trinajstić information content (AvgIpc) is 3.05. The summed E-state index contributed by atoms with van der Waals surface area (Å²) in [7, 11) is -0.146. The number of likely N-dealkylation sites (N-methyl/N-ethyl adjacent to an activating group) is 1. The third kappa shape index (κ3) is 2.67. The topological polar surface area (TPSA) is 84.6 Å². The summed E-state index contributed by atoms with van der Waals surface area (Å²) in [5, 5.41) is 3.09. The fourth-order valence-corrected chi connectivity index (χ4v) is 4.12. The Morgan fingerprint density at radius 2 is 2.09 bits per heavy atom. The van der Waals surface area contributed by atoms with Crippen molar-refractivity contribution in [3.63, 3.8) is 0 Å². The van der Waals surface area contributed by atoms with Gasteiger partial charge < -0.3 is 9.73 Å². The molecule has 2 aromatic rings. The Hall–Kier alpha value is -1.35. The maximum atomic E-state index is 12.6. The smallest absolute Gasteiger partial charge is 0.408 e. The van der Waals surface area contributed by atoms with Crippen LogP contribution in [0.5, 0.6) is 0 Å². The molecule has 0 saturated carbocycles. The molecule has 1 fully saturated rings. The summed E-state index contributed by atoms with van der Waals surface area (Å²) in [5.74, 6) is -0.504. The number of nitrogens with zero attached hydrogens (tertiary/aromatic N) is 2. The van der Waals surface area contributed by atoms with Gasteiger partial charge in [-0.25, -0.2) is 13.2 Å². The van der Waals surface area contributed by atoms with E-state index in [2.05, 4.69) is 5.32 Å². The van der Waals surface area contributed by atoms with Gasteiger partial charge in [0.05, 0.1) is 10.4 Å². The third-order valence-electron chi connectivity index (χ3n) is 3.96. The molecule has 0 amide bonds. The number of aromatic nitrogens is 1. The van der Waals surface area contributed by atoms with Gasteiger partial charge in [0.15, 0.2) is 5.58 Å². The van der Waals surface area contributed by atoms with Crippen molar-refractivity contribution in [3.05, 3.63) is 28.7 Å². The second kappa shape index (κ2) is 6.04. The molecule has 1 saturated heterocycles. The van der Waals surface area contributed by atoms with E-state index in [4.69, 9.17) is 4.42 Å². The van der Waals surface area contributed by atoms with Crippen LogP contribution >= 0.6 is 12.4 Å². The van der Waals surface area contributed by atoms with Gasteiger partial charge in [-0.3, -0.25) is 4.57 Å². The van der Waals surface area contributed by atoms with Crippen molar-refractivity contribution in [3.8, 4) is 0 Å². The van der Waals surface area contributed by atoms with Crippen molar-refractivity contribution in [2.24, 2.45) is 7.05 Å². The van der Waals surface area contributed by atoms with E-state index < -0.39 is 15.8 Å². The largest absolute Gasteiger partial charge is 0.419 e. The highest BCUT2D eigenvalue weighted by atomic mass is 35.5. The Bertz CT molecular complexity index is 843. The van der Waals surface area contributed by atoms with Gasteiger partial charge in [-0.1, -0.05) is 0 Å². The zero-order valence-electron chi connectivity index (χ0n) is 12.3. The van der Waals surface area contributed by atoms with Crippen LogP contribution in [0.3, 0.4) is 0 Å². The van der Waals surface area contributed by atoms with E-state index in [0.29, 0.717) is 18.6 Å². The minimum atomic E-state index is -3.55. The Labute approximate surface area is 134 Å². The number of hydrogen-bond acceptors (Lipinski definition) is 5. The molecule has 1 aliphatic heterocycles. The van der Waals surface area contributed by atoms with Crippen LogP contribution in [-0.2, 0) is 17.1 Å². The van der Waals surface area contributed by atoms with E-state index in [1.807, 2.05) is 7.05 Å². The average molecular weight is 348 g/mol. The van der Waals surface area contributed by atoms with E-state index in [9.17, 15) is 13.2 Å². The molecule has 0 radical (unpaired) electrons. The lowest BCUT2D eigenvalue weighted by Crippen LogP contribution is -2.33. The van der Waals surface area contributed by atoms with E-state index >= 15 is 0 Å². The van der Waals surface area contributed by atoms with E-state index in [0.717, 1.165) is 6.42 Å². The SMILES string of the molecule is CNC1CCN(S(=O)(=O)c2ccc3c(c2)oc(=O)n3C)C1.Cl. The molecule has 9 heteroatoms. The first-order valence-electron chi connectivity index (χ1n) is 6.70. The lowest BCUT2D eigenvalue weighted by molar-refractivity contribution is 0.464. The summed E-state index contributed by atoms with van der Waals surface area (Å²) >= 11 is 0. The normalized spacial score (nSPS) is 19.5. The number of oxazole rings is 1. The predicted molar refractivity (Wildman–Crippen MR) is 84.9 cm³/mol. The van der Waals surface area contributed by atoms with Gasteiger partial charge in [0.25, 0.3) is 0 Å². The van der Waals surface area contributed by atoms with Crippen LogP contribution in [0.25, 0.3) is 11.1 Å². The zero-order valence-corrected chi connectivity index (χ0v) is 13.9. The summed E-state index contributed by atoms with van der Waals surface area (Å²) < 4.78 is 33.1. The molecule has 7 nitrogen and oxygen atoms in total. The molecular formula is C13H18ClN3O4S. The van der Waals surface area contributed by atoms with Gasteiger partial charge in [0.2, 0.25) is 10.0 Å². The summed E-state index contributed by atoms with van der Waals surface area (Å²) in [6.07, 6.45) is 0.790. The minimum Gasteiger partial charge on any atom is -0.408 e. The molecule has 122 valence electrons. The molecule has 1 aromatic carbocycles. The van der Waals surface area contributed by atoms with Crippen molar-refractivity contribution in [2.45, 2.75) is 17.4 Å². The number of aryl methyl sites for hydroxylation is 1. The monoisotopic (exact) mass is 347 g/mol. The quantitative estimate of drug-likeness (QED) is 0.875. The van der Waals surface area contributed by atoms with Gasteiger partial charge in [0.1, 0.15) is 0 Å². The summed E-state index contributed by atoms with van der Waals surface area (Å²) in [5.41, 5.74) is 0.862. The zero-order chi connectivity index (χ0) is 15.2. The number of halogens is 1. The lowest BCUT2D eigenvalue weighted by atomic mass is 10.3. The number of fused-ring (bicyclic) bond motifs is 1. The van der Waals surface area contributed by atoms with Crippen LogP contribution < -0.4 is 11.1 Å². The molecule has 22 heavy (non-hydrogen) atoms. The Balaban J connectivity index is 0.00000176. The Morgan fingerprint density at radius 3 is 2.73 bits per heavy atom. The highest BCUT2D eigenvalue weighted by Crippen LogP contribution is 2.24. The van der Waals surface area contributed by atoms with E-state index in [1.165, 1.54) is 21.0 Å². The molecule has 1 aromatic heterocycles. The van der Waals surface area contributed by atoms with Crippen molar-refractivity contribution in [1.29, 1.82) is 0 Å². The maximum Gasteiger partial charge on any atom is 0.419 e. The fourth-order valence-electron chi connectivity index (χ4n) is 2.61. The number of nitrogens with one attached hydrogen (secondary N) is 1. The minimum absolute atomic E-state index is 0. The number of rotatable bonds is 3. The molecule has 1 aliphatic rings. The van der Waals surface area contributed by atoms with E-state index in [1.54, 1.807) is 13.1 Å². The van der Waals surface area contributed by atoms with Crippen molar-refractivity contribution in [2.75, 3.05) is 20.1 Å². The first kappa shape index (κ1) is 17.0. The maximum absolute atomic E-state index is 12.6. The van der Waals surface area contributed by atoms with E-state index in [-0.39, 0.29) is 28.9 Å². The predicted octanol–water partition coefficient (Wildman–Crippen LogP) is 0.536. The third-order valence-corrected chi connectivity index (χ3v) is 5.82. The standard InChI is InChI=1S/C13H17N3O4S.ClH/c1-14-9-5-6-16(8-9)21(18,19)10-3-4-11-12(7-10)20-13(17)15(11)2;/h3-4,7,9,14H,5-6,8H2,1-2H3;1H. The highest BCUT2D eigenvalue weighted by molar-refractivity contribution is 7.89. The van der Waals surface area contributed by atoms with Crippen LogP contribution in [0.4, 0.5) is 0 Å². The summed E-state index contributed by atoms with van der Waals surface area (Å²) in [6.45, 7) is 0.945. The Morgan fingerprint density at radius 1 is 1.36 bits per heavy atom. The van der Waals surface area contributed by atoms with Gasteiger partial charge in [-0.2, -0.15) is 4.31 Å². The van der Waals surface area contributed by atoms with Crippen molar-refractivity contribution in [1.82, 2.24) is 14.2 Å². The van der Waals surface area contributed by atoms with Gasteiger partial charge in [0, 0.05) is 32.2 Å². The first-order valence-corrected chi connectivity index (χ1v) is 8.14. The molecule has 0 aliphatic carbocycles. The second-order valence-electron chi connectivity index (χ2n) is 5.19. The molecule has 0 spiro atoms. The van der Waals surface area contributed by atoms with Crippen LogP contribution in [0.15, 0.2) is 32.3 Å². The molecule has 0 bridgehead atoms. The number of sulfonamides is 1. The fraction of sp³-hybridized carbons (Fsp3) is 0.462. The number of hydrogen-bond donors (Lipinski definition) is 1. The van der Waals surface area contributed by atoms with Gasteiger partial charge >= 0.3 is 5.76 Å². The molecule has 2 heterocycles. The van der Waals surface area contributed by atoms with Crippen LogP contribution in [0, 0.1) is 0 Å². The molecule has 1 atom stereocenters. The van der Waals surface area contributed by atoms with Gasteiger partial charge in [-0.05, 0) is 25.6 Å². The highest BCUT2D eigenvalue weighted by Gasteiger charge is 2.32. The van der Waals surface area contributed by atoms with Crippen LogP contribution in [0.1, 0.15) is 6.42 Å². The second-order valence-corrected chi connectivity index (χ2v) is 7.13. The lowest BCUT2D eigenvalue weighted by Gasteiger charge is -2.16. The first-order chi connectivity index (χ1) is 9.93. The van der Waals surface area contributed by atoms with Crippen LogP contribution in [0.2, 0.25) is 0 Å². The Kier molecular flexibility index (Phi) is 4.67. The molecule has 1 unspecified atom stereocenters. The molecule has 1 N–H and O–H groups in total. The molecular weight excluding hydrogens is 330 g/mol. The van der Waals surface area contributed by atoms with Crippen molar-refractivity contribution >= 4 is 33.5 Å². The summed E-state index contributed by atoms with van der Waals surface area (Å²) in [6, 6.07) is 4.70. The van der Waals surface area contributed by atoms with Gasteiger partial charge in [-0.15, -0.1) is 12.4 Å².